The van der Waals surface area contributed by atoms with E-state index >= 15 is 0 Å². The normalized spacial score (nSPS) is 16.6. The summed E-state index contributed by atoms with van der Waals surface area (Å²) in [4.78, 5) is 28.3. The van der Waals surface area contributed by atoms with Gasteiger partial charge >= 0.3 is 0 Å². The topological polar surface area (TPSA) is 74.8 Å². The monoisotopic (exact) mass is 411 g/mol. The smallest absolute Gasteiger partial charge is 0.265 e. The summed E-state index contributed by atoms with van der Waals surface area (Å²) in [6.45, 7) is 3.13. The van der Waals surface area contributed by atoms with Crippen molar-refractivity contribution in [2.75, 3.05) is 6.61 Å². The third kappa shape index (κ3) is 2.84. The minimum atomic E-state index is -0.0951. The van der Waals surface area contributed by atoms with Gasteiger partial charge in [0.15, 0.2) is 11.3 Å². The molecule has 1 fully saturated rings. The summed E-state index contributed by atoms with van der Waals surface area (Å²) in [5.74, 6) is 0.664. The molecule has 1 aliphatic rings. The van der Waals surface area contributed by atoms with E-state index in [1.165, 1.54) is 0 Å². The first kappa shape index (κ1) is 18.2. The van der Waals surface area contributed by atoms with Crippen LogP contribution in [0.5, 0.6) is 0 Å². The van der Waals surface area contributed by atoms with Gasteiger partial charge in [-0.1, -0.05) is 30.3 Å². The number of hydrogen-bond donors (Lipinski definition) is 0. The van der Waals surface area contributed by atoms with Gasteiger partial charge in [0.2, 0.25) is 0 Å². The van der Waals surface area contributed by atoms with Gasteiger partial charge < -0.3 is 4.74 Å². The zero-order chi connectivity index (χ0) is 20.9. The Hall–Kier alpha value is -3.58. The Bertz CT molecular complexity index is 1500. The molecular formula is C24H21N5O2. The fourth-order valence-electron chi connectivity index (χ4n) is 4.46. The van der Waals surface area contributed by atoms with Gasteiger partial charge in [0.05, 0.1) is 23.7 Å². The molecule has 0 saturated carbocycles. The first-order chi connectivity index (χ1) is 15.2. The summed E-state index contributed by atoms with van der Waals surface area (Å²) in [6, 6.07) is 17.6. The summed E-state index contributed by atoms with van der Waals surface area (Å²) >= 11 is 0. The van der Waals surface area contributed by atoms with E-state index in [4.69, 9.17) is 19.7 Å². The lowest BCUT2D eigenvalue weighted by Gasteiger charge is -2.14. The SMILES string of the molecule is Cc1nc2c(c(=O)n1CC1CCCO1)c1nc3ccccc3nc1n2-c1ccccc1. The van der Waals surface area contributed by atoms with Crippen LogP contribution in [0.25, 0.3) is 38.9 Å². The summed E-state index contributed by atoms with van der Waals surface area (Å²) in [6.07, 6.45) is 2.03. The molecule has 2 aromatic carbocycles. The molecule has 0 bridgehead atoms. The van der Waals surface area contributed by atoms with Crippen LogP contribution in [0.3, 0.4) is 0 Å². The number of rotatable bonds is 3. The van der Waals surface area contributed by atoms with Crippen molar-refractivity contribution in [3.05, 3.63) is 70.8 Å². The fraction of sp³-hybridized carbons (Fsp3) is 0.250. The number of fused-ring (bicyclic) bond motifs is 4. The standard InChI is InChI=1S/C24H21N5O2/c1-15-25-22-20(24(30)28(15)14-17-10-7-13-31-17)21-23(29(22)16-8-3-2-4-9-16)27-19-12-6-5-11-18(19)26-21/h2-6,8-9,11-12,17H,7,10,13-14H2,1H3. The highest BCUT2D eigenvalue weighted by atomic mass is 16.5. The molecule has 7 heteroatoms. The van der Waals surface area contributed by atoms with E-state index in [1.54, 1.807) is 4.57 Å². The van der Waals surface area contributed by atoms with Crippen LogP contribution in [0.15, 0.2) is 59.4 Å². The maximum absolute atomic E-state index is 13.7. The molecule has 0 radical (unpaired) electrons. The number of benzene rings is 2. The van der Waals surface area contributed by atoms with Crippen molar-refractivity contribution in [2.45, 2.75) is 32.4 Å². The Morgan fingerprint density at radius 3 is 2.45 bits per heavy atom. The van der Waals surface area contributed by atoms with Crippen molar-refractivity contribution in [1.82, 2.24) is 24.1 Å². The average Bonchev–Trinajstić information content (AvgIpc) is 3.41. The second kappa shape index (κ2) is 6.99. The fourth-order valence-corrected chi connectivity index (χ4v) is 4.46. The van der Waals surface area contributed by atoms with Crippen molar-refractivity contribution in [1.29, 1.82) is 0 Å². The van der Waals surface area contributed by atoms with Crippen molar-refractivity contribution in [3.8, 4) is 5.69 Å². The summed E-state index contributed by atoms with van der Waals surface area (Å²) in [7, 11) is 0. The summed E-state index contributed by atoms with van der Waals surface area (Å²) in [5, 5.41) is 0.501. The quantitative estimate of drug-likeness (QED) is 0.452. The number of aryl methyl sites for hydroxylation is 1. The molecule has 1 aliphatic heterocycles. The minimum absolute atomic E-state index is 0.0463. The Morgan fingerprint density at radius 1 is 0.968 bits per heavy atom. The van der Waals surface area contributed by atoms with Crippen LogP contribution >= 0.6 is 0 Å². The first-order valence-corrected chi connectivity index (χ1v) is 10.6. The van der Waals surface area contributed by atoms with E-state index in [2.05, 4.69) is 0 Å². The number of aromatic nitrogens is 5. The third-order valence-electron chi connectivity index (χ3n) is 5.98. The van der Waals surface area contributed by atoms with Crippen LogP contribution in [0, 0.1) is 6.92 Å². The third-order valence-corrected chi connectivity index (χ3v) is 5.98. The summed E-state index contributed by atoms with van der Waals surface area (Å²) in [5.41, 5.74) is 4.15. The molecule has 1 saturated heterocycles. The lowest BCUT2D eigenvalue weighted by molar-refractivity contribution is 0.0955. The highest BCUT2D eigenvalue weighted by Crippen LogP contribution is 2.28. The second-order valence-corrected chi connectivity index (χ2v) is 7.96. The maximum atomic E-state index is 13.7. The first-order valence-electron chi connectivity index (χ1n) is 10.6. The molecule has 4 heterocycles. The number of ether oxygens (including phenoxy) is 1. The molecule has 0 spiro atoms. The molecular weight excluding hydrogens is 390 g/mol. The maximum Gasteiger partial charge on any atom is 0.265 e. The number of nitrogens with zero attached hydrogens (tertiary/aromatic N) is 5. The number of para-hydroxylation sites is 3. The largest absolute Gasteiger partial charge is 0.376 e. The zero-order valence-electron chi connectivity index (χ0n) is 17.2. The molecule has 6 rings (SSSR count). The zero-order valence-corrected chi connectivity index (χ0v) is 17.2. The Morgan fingerprint density at radius 2 is 1.71 bits per heavy atom. The van der Waals surface area contributed by atoms with Gasteiger partial charge in [0.1, 0.15) is 16.7 Å². The molecule has 1 unspecified atom stereocenters. The molecule has 7 nitrogen and oxygen atoms in total. The van der Waals surface area contributed by atoms with E-state index in [0.29, 0.717) is 34.6 Å². The second-order valence-electron chi connectivity index (χ2n) is 7.96. The van der Waals surface area contributed by atoms with Gasteiger partial charge in [-0.15, -0.1) is 0 Å². The van der Waals surface area contributed by atoms with E-state index in [9.17, 15) is 4.79 Å². The van der Waals surface area contributed by atoms with Crippen LogP contribution in [-0.4, -0.2) is 36.8 Å². The van der Waals surface area contributed by atoms with Gasteiger partial charge in [-0.2, -0.15) is 0 Å². The molecule has 0 amide bonds. The van der Waals surface area contributed by atoms with Gasteiger partial charge in [0.25, 0.3) is 5.56 Å². The molecule has 5 aromatic rings. The predicted molar refractivity (Wildman–Crippen MR) is 120 cm³/mol. The van der Waals surface area contributed by atoms with Crippen LogP contribution in [0.2, 0.25) is 0 Å². The van der Waals surface area contributed by atoms with Gasteiger partial charge in [-0.25, -0.2) is 15.0 Å². The van der Waals surface area contributed by atoms with E-state index in [-0.39, 0.29) is 11.7 Å². The minimum Gasteiger partial charge on any atom is -0.376 e. The lowest BCUT2D eigenvalue weighted by atomic mass is 10.2. The van der Waals surface area contributed by atoms with Gasteiger partial charge in [-0.3, -0.25) is 13.9 Å². The van der Waals surface area contributed by atoms with Crippen LogP contribution in [0.4, 0.5) is 0 Å². The van der Waals surface area contributed by atoms with Crippen LogP contribution < -0.4 is 5.56 Å². The molecule has 154 valence electrons. The number of hydrogen-bond acceptors (Lipinski definition) is 5. The van der Waals surface area contributed by atoms with Crippen LogP contribution in [-0.2, 0) is 11.3 Å². The van der Waals surface area contributed by atoms with E-state index in [0.717, 1.165) is 36.2 Å². The average molecular weight is 411 g/mol. The summed E-state index contributed by atoms with van der Waals surface area (Å²) < 4.78 is 9.44. The Labute approximate surface area is 178 Å². The Balaban J connectivity index is 1.73. The van der Waals surface area contributed by atoms with Crippen molar-refractivity contribution >= 4 is 33.2 Å². The van der Waals surface area contributed by atoms with Crippen molar-refractivity contribution in [2.24, 2.45) is 0 Å². The molecule has 3 aromatic heterocycles. The highest BCUT2D eigenvalue weighted by molar-refractivity contribution is 6.05. The lowest BCUT2D eigenvalue weighted by Crippen LogP contribution is -2.29. The van der Waals surface area contributed by atoms with Gasteiger partial charge in [0, 0.05) is 12.3 Å². The molecule has 31 heavy (non-hydrogen) atoms. The molecule has 1 atom stereocenters. The Kier molecular flexibility index (Phi) is 4.11. The highest BCUT2D eigenvalue weighted by Gasteiger charge is 2.24. The van der Waals surface area contributed by atoms with Gasteiger partial charge in [-0.05, 0) is 44.0 Å². The van der Waals surface area contributed by atoms with Crippen molar-refractivity contribution in [3.63, 3.8) is 0 Å². The molecule has 0 aliphatic carbocycles. The van der Waals surface area contributed by atoms with Crippen LogP contribution in [0.1, 0.15) is 18.7 Å². The molecule has 0 N–H and O–H groups in total. The van der Waals surface area contributed by atoms with E-state index in [1.807, 2.05) is 66.1 Å². The predicted octanol–water partition coefficient (Wildman–Crippen LogP) is 3.77. The van der Waals surface area contributed by atoms with E-state index < -0.39 is 0 Å². The van der Waals surface area contributed by atoms with Crippen molar-refractivity contribution < 1.29 is 4.74 Å².